The molecule has 13 heavy (non-hydrogen) atoms. The van der Waals surface area contributed by atoms with Crippen LogP contribution in [0.3, 0.4) is 0 Å². The van der Waals surface area contributed by atoms with Gasteiger partial charge in [-0.3, -0.25) is 0 Å². The maximum absolute atomic E-state index is 3.52. The molecule has 1 aliphatic rings. The Bertz CT molecular complexity index is 128. The van der Waals surface area contributed by atoms with Crippen LogP contribution < -0.4 is 5.32 Å². The molecular weight excluding hydrogens is 178 g/mol. The molecule has 2 heteroatoms. The minimum Gasteiger partial charge on any atom is -0.316 e. The van der Waals surface area contributed by atoms with Crippen LogP contribution in [-0.4, -0.2) is 23.6 Å². The van der Waals surface area contributed by atoms with Crippen molar-refractivity contribution in [2.75, 3.05) is 13.1 Å². The summed E-state index contributed by atoms with van der Waals surface area (Å²) in [5.41, 5.74) is 0. The predicted molar refractivity (Wildman–Crippen MR) is 62.4 cm³/mol. The second kappa shape index (κ2) is 5.92. The van der Waals surface area contributed by atoms with Crippen molar-refractivity contribution in [1.82, 2.24) is 5.32 Å². The lowest BCUT2D eigenvalue weighted by atomic mass is 10.2. The number of thioether (sulfide) groups is 1. The molecule has 1 heterocycles. The highest BCUT2D eigenvalue weighted by Gasteiger charge is 2.17. The maximum Gasteiger partial charge on any atom is 0.0175 e. The monoisotopic (exact) mass is 201 g/mol. The smallest absolute Gasteiger partial charge is 0.0175 e. The Labute approximate surface area is 87.1 Å². The van der Waals surface area contributed by atoms with Gasteiger partial charge in [0.15, 0.2) is 0 Å². The van der Waals surface area contributed by atoms with E-state index in [1.54, 1.807) is 0 Å². The summed E-state index contributed by atoms with van der Waals surface area (Å²) in [6.07, 6.45) is 4.19. The third-order valence-electron chi connectivity index (χ3n) is 2.85. The third-order valence-corrected chi connectivity index (χ3v) is 4.61. The minimum atomic E-state index is 0.810. The molecule has 0 bridgehead atoms. The molecule has 0 amide bonds. The second-order valence-corrected chi connectivity index (χ2v) is 6.09. The summed E-state index contributed by atoms with van der Waals surface area (Å²) >= 11 is 2.18. The number of nitrogens with one attached hydrogen (secondary N) is 1. The normalized spacial score (nSPS) is 27.2. The molecule has 1 saturated heterocycles. The van der Waals surface area contributed by atoms with Crippen molar-refractivity contribution >= 4 is 11.8 Å². The third kappa shape index (κ3) is 4.37. The summed E-state index contributed by atoms with van der Waals surface area (Å²) in [6, 6.07) is 0. The van der Waals surface area contributed by atoms with Crippen LogP contribution >= 0.6 is 11.8 Å². The minimum absolute atomic E-state index is 0.810. The van der Waals surface area contributed by atoms with E-state index >= 15 is 0 Å². The van der Waals surface area contributed by atoms with Gasteiger partial charge in [0, 0.05) is 17.0 Å². The van der Waals surface area contributed by atoms with E-state index in [1.807, 2.05) is 0 Å². The summed E-state index contributed by atoms with van der Waals surface area (Å²) in [6.45, 7) is 9.46. The predicted octanol–water partition coefficient (Wildman–Crippen LogP) is 2.91. The lowest BCUT2D eigenvalue weighted by molar-refractivity contribution is 0.632. The first-order valence-electron chi connectivity index (χ1n) is 5.56. The Morgan fingerprint density at radius 2 is 2.00 bits per heavy atom. The van der Waals surface area contributed by atoms with Gasteiger partial charge in [-0.25, -0.2) is 0 Å². The number of hydrogen-bond acceptors (Lipinski definition) is 2. The van der Waals surface area contributed by atoms with Crippen molar-refractivity contribution in [2.24, 2.45) is 5.92 Å². The van der Waals surface area contributed by atoms with Gasteiger partial charge in [0.25, 0.3) is 0 Å². The SMILES string of the molecule is CC(C)C(C)SC1CCCCNC1. The molecule has 0 aromatic rings. The second-order valence-electron chi connectivity index (χ2n) is 4.41. The molecule has 0 aromatic heterocycles. The van der Waals surface area contributed by atoms with Gasteiger partial charge in [-0.2, -0.15) is 11.8 Å². The van der Waals surface area contributed by atoms with E-state index in [2.05, 4.69) is 37.8 Å². The van der Waals surface area contributed by atoms with E-state index < -0.39 is 0 Å². The van der Waals surface area contributed by atoms with E-state index in [1.165, 1.54) is 32.4 Å². The topological polar surface area (TPSA) is 12.0 Å². The highest BCUT2D eigenvalue weighted by Crippen LogP contribution is 2.27. The summed E-state index contributed by atoms with van der Waals surface area (Å²) in [5, 5.41) is 5.19. The molecule has 0 spiro atoms. The maximum atomic E-state index is 3.52. The van der Waals surface area contributed by atoms with Crippen molar-refractivity contribution in [3.8, 4) is 0 Å². The zero-order valence-electron chi connectivity index (χ0n) is 9.18. The molecule has 1 nitrogen and oxygen atoms in total. The standard InChI is InChI=1S/C11H23NS/c1-9(2)10(3)13-11-6-4-5-7-12-8-11/h9-12H,4-8H2,1-3H3. The van der Waals surface area contributed by atoms with Crippen LogP contribution in [0.25, 0.3) is 0 Å². The Morgan fingerprint density at radius 3 is 2.69 bits per heavy atom. The molecule has 2 unspecified atom stereocenters. The van der Waals surface area contributed by atoms with Crippen molar-refractivity contribution in [1.29, 1.82) is 0 Å². The fourth-order valence-corrected chi connectivity index (χ4v) is 3.00. The van der Waals surface area contributed by atoms with Gasteiger partial charge in [0.05, 0.1) is 0 Å². The van der Waals surface area contributed by atoms with Gasteiger partial charge in [-0.05, 0) is 25.3 Å². The van der Waals surface area contributed by atoms with Gasteiger partial charge < -0.3 is 5.32 Å². The van der Waals surface area contributed by atoms with Crippen molar-refractivity contribution in [3.05, 3.63) is 0 Å². The summed E-state index contributed by atoms with van der Waals surface area (Å²) in [4.78, 5) is 0. The Hall–Kier alpha value is 0.310. The zero-order valence-corrected chi connectivity index (χ0v) is 9.99. The fraction of sp³-hybridized carbons (Fsp3) is 1.00. The molecule has 0 aliphatic carbocycles. The largest absolute Gasteiger partial charge is 0.316 e. The molecule has 1 fully saturated rings. The van der Waals surface area contributed by atoms with Gasteiger partial charge in [0.1, 0.15) is 0 Å². The lowest BCUT2D eigenvalue weighted by Gasteiger charge is -2.21. The molecule has 78 valence electrons. The molecule has 0 saturated carbocycles. The fourth-order valence-electron chi connectivity index (χ4n) is 1.56. The van der Waals surface area contributed by atoms with E-state index in [0.717, 1.165) is 16.4 Å². The first-order valence-corrected chi connectivity index (χ1v) is 6.50. The molecule has 2 atom stereocenters. The van der Waals surface area contributed by atoms with Crippen LogP contribution in [0.5, 0.6) is 0 Å². The highest BCUT2D eigenvalue weighted by molar-refractivity contribution is 8.00. The van der Waals surface area contributed by atoms with Crippen LogP contribution in [-0.2, 0) is 0 Å². The van der Waals surface area contributed by atoms with Gasteiger partial charge in [0.2, 0.25) is 0 Å². The molecule has 1 rings (SSSR count). The van der Waals surface area contributed by atoms with E-state index in [9.17, 15) is 0 Å². The molecule has 0 aromatic carbocycles. The van der Waals surface area contributed by atoms with Crippen molar-refractivity contribution in [2.45, 2.75) is 50.5 Å². The average molecular weight is 201 g/mol. The Kier molecular flexibility index (Phi) is 5.18. The van der Waals surface area contributed by atoms with Crippen LogP contribution in [0, 0.1) is 5.92 Å². The number of rotatable bonds is 3. The van der Waals surface area contributed by atoms with Gasteiger partial charge >= 0.3 is 0 Å². The highest BCUT2D eigenvalue weighted by atomic mass is 32.2. The molecule has 0 radical (unpaired) electrons. The average Bonchev–Trinajstić information content (AvgIpc) is 2.32. The first kappa shape index (κ1) is 11.4. The van der Waals surface area contributed by atoms with Crippen molar-refractivity contribution < 1.29 is 0 Å². The number of hydrogen-bond donors (Lipinski definition) is 1. The van der Waals surface area contributed by atoms with Crippen LogP contribution in [0.4, 0.5) is 0 Å². The van der Waals surface area contributed by atoms with Crippen LogP contribution in [0.1, 0.15) is 40.0 Å². The summed E-state index contributed by atoms with van der Waals surface area (Å²) < 4.78 is 0. The first-order chi connectivity index (χ1) is 6.20. The van der Waals surface area contributed by atoms with Gasteiger partial charge in [-0.1, -0.05) is 27.2 Å². The Morgan fingerprint density at radius 1 is 1.23 bits per heavy atom. The van der Waals surface area contributed by atoms with Crippen LogP contribution in [0.15, 0.2) is 0 Å². The summed E-state index contributed by atoms with van der Waals surface area (Å²) in [7, 11) is 0. The van der Waals surface area contributed by atoms with Gasteiger partial charge in [-0.15, -0.1) is 0 Å². The van der Waals surface area contributed by atoms with Crippen LogP contribution in [0.2, 0.25) is 0 Å². The quantitative estimate of drug-likeness (QED) is 0.753. The lowest BCUT2D eigenvalue weighted by Crippen LogP contribution is -2.24. The molecule has 1 N–H and O–H groups in total. The molecule has 1 aliphatic heterocycles. The van der Waals surface area contributed by atoms with E-state index in [0.29, 0.717) is 0 Å². The van der Waals surface area contributed by atoms with E-state index in [-0.39, 0.29) is 0 Å². The molecular formula is C11H23NS. The van der Waals surface area contributed by atoms with Crippen molar-refractivity contribution in [3.63, 3.8) is 0 Å². The summed E-state index contributed by atoms with van der Waals surface area (Å²) in [5.74, 6) is 0.813. The zero-order chi connectivity index (χ0) is 9.68. The Balaban J connectivity index is 2.25. The van der Waals surface area contributed by atoms with E-state index in [4.69, 9.17) is 0 Å².